The van der Waals surface area contributed by atoms with Crippen LogP contribution in [0.15, 0.2) is 0 Å². The van der Waals surface area contributed by atoms with E-state index in [0.29, 0.717) is 22.7 Å². The van der Waals surface area contributed by atoms with Crippen LogP contribution in [0.2, 0.25) is 0 Å². The van der Waals surface area contributed by atoms with E-state index in [1.54, 1.807) is 0 Å². The Morgan fingerprint density at radius 2 is 1.12 bits per heavy atom. The predicted molar refractivity (Wildman–Crippen MR) is 99.7 cm³/mol. The summed E-state index contributed by atoms with van der Waals surface area (Å²) in [5, 5.41) is 0. The van der Waals surface area contributed by atoms with E-state index < -0.39 is 6.53 Å². The van der Waals surface area contributed by atoms with Gasteiger partial charge in [-0.25, -0.2) is 0 Å². The van der Waals surface area contributed by atoms with Crippen LogP contribution >= 0.6 is 11.5 Å². The van der Waals surface area contributed by atoms with Gasteiger partial charge in [0.1, 0.15) is 0 Å². The number of hydrogen-bond acceptors (Lipinski definition) is 2. The summed E-state index contributed by atoms with van der Waals surface area (Å²) in [6.45, 7) is 13.8. The van der Waals surface area contributed by atoms with E-state index in [1.165, 1.54) is 12.8 Å². The van der Waals surface area contributed by atoms with Crippen LogP contribution < -0.4 is 0 Å². The number of hydrogen-bond donors (Lipinski definition) is 0. The molecule has 6 aliphatic carbocycles. The molecule has 6 fully saturated rings. The first-order valence-corrected chi connectivity index (χ1v) is 10.5. The van der Waals surface area contributed by atoms with E-state index in [0.717, 1.165) is 36.5 Å². The molecule has 0 saturated heterocycles. The van der Waals surface area contributed by atoms with Crippen molar-refractivity contribution in [2.24, 2.45) is 46.3 Å². The van der Waals surface area contributed by atoms with Crippen molar-refractivity contribution in [1.29, 1.82) is 0 Å². The second-order valence-corrected chi connectivity index (χ2v) is 10.9. The Hall–Kier alpha value is 0.275. The van der Waals surface area contributed by atoms with Gasteiger partial charge in [-0.3, -0.25) is 0 Å². The van der Waals surface area contributed by atoms with E-state index in [-0.39, 0.29) is 12.2 Å². The molecule has 136 valence electrons. The molecule has 0 radical (unpaired) electrons. The number of fused-ring (bicyclic) bond motifs is 4. The lowest BCUT2D eigenvalue weighted by Crippen LogP contribution is -2.59. The first-order chi connectivity index (χ1) is 11.1. The summed E-state index contributed by atoms with van der Waals surface area (Å²) in [7, 11) is 0. The highest BCUT2D eigenvalue weighted by Gasteiger charge is 2.58. The van der Waals surface area contributed by atoms with E-state index in [9.17, 15) is 0 Å². The van der Waals surface area contributed by atoms with Crippen molar-refractivity contribution >= 4 is 18.0 Å². The largest absolute Gasteiger partial charge is 0.571 e. The van der Waals surface area contributed by atoms with Gasteiger partial charge in [-0.05, 0) is 72.0 Å². The fourth-order valence-electron chi connectivity index (χ4n) is 6.87. The van der Waals surface area contributed by atoms with Crippen LogP contribution in [0.25, 0.3) is 0 Å². The Morgan fingerprint density at radius 1 is 0.750 bits per heavy atom. The molecule has 6 saturated carbocycles. The lowest BCUT2D eigenvalue weighted by atomic mass is 9.45. The summed E-state index contributed by atoms with van der Waals surface area (Å²) in [5.74, 6) is 4.35. The van der Waals surface area contributed by atoms with Crippen molar-refractivity contribution in [3.8, 4) is 0 Å². The second-order valence-electron chi connectivity index (χ2n) is 10.5. The monoisotopic (exact) mass is 352 g/mol. The third-order valence-electron chi connectivity index (χ3n) is 9.13. The van der Waals surface area contributed by atoms with Crippen LogP contribution in [0.3, 0.4) is 0 Å². The van der Waals surface area contributed by atoms with Crippen molar-refractivity contribution < 1.29 is 9.31 Å². The summed E-state index contributed by atoms with van der Waals surface area (Å²) in [6.07, 6.45) is 5.59. The lowest BCUT2D eigenvalue weighted by molar-refractivity contribution is -0.164. The van der Waals surface area contributed by atoms with Crippen LogP contribution in [0.4, 0.5) is 0 Å². The molecule has 24 heavy (non-hydrogen) atoms. The molecule has 0 aliphatic heterocycles. The minimum atomic E-state index is -0.578. The Balaban J connectivity index is 1.31. The van der Waals surface area contributed by atoms with Crippen molar-refractivity contribution in [2.45, 2.75) is 79.4 Å². The minimum Gasteiger partial charge on any atom is -0.395 e. The molecule has 0 aromatic rings. The van der Waals surface area contributed by atoms with E-state index in [1.807, 2.05) is 0 Å². The molecular weight excluding hydrogens is 318 g/mol. The molecule has 0 N–H and O–H groups in total. The van der Waals surface area contributed by atoms with Gasteiger partial charge in [0.05, 0.1) is 0 Å². The van der Waals surface area contributed by atoms with Crippen LogP contribution in [-0.2, 0) is 9.31 Å². The maximum atomic E-state index is 6.50. The number of rotatable bonds is 4. The molecule has 4 heteroatoms. The Bertz CT molecular complexity index is 464. The maximum absolute atomic E-state index is 6.50. The van der Waals surface area contributed by atoms with E-state index in [4.69, 9.17) is 20.8 Å². The van der Waals surface area contributed by atoms with Gasteiger partial charge >= 0.3 is 6.53 Å². The van der Waals surface area contributed by atoms with Crippen LogP contribution in [0.5, 0.6) is 0 Å². The summed E-state index contributed by atoms with van der Waals surface area (Å²) in [4.78, 5) is 0. The van der Waals surface area contributed by atoms with Crippen molar-refractivity contribution in [3.05, 3.63) is 0 Å². The quantitative estimate of drug-likeness (QED) is 0.632. The molecule has 4 bridgehead atoms. The average molecular weight is 353 g/mol. The summed E-state index contributed by atoms with van der Waals surface area (Å²) in [6, 6.07) is 0. The molecule has 0 heterocycles. The standard InChI is InChI=1S/C20H34BClO2/c1-11-15-7-13(19(15,3)4)9-17(11)23-21(22)24-18-10-14-8-16(12(18)2)20(14,5)6/h11-18H,7-10H2,1-6H3/t11-,12-,13-,14-,15+,16+,17-,18-/m1/s1. The van der Waals surface area contributed by atoms with Crippen LogP contribution in [0, 0.1) is 46.3 Å². The third kappa shape index (κ3) is 2.44. The van der Waals surface area contributed by atoms with Crippen LogP contribution in [0.1, 0.15) is 67.2 Å². The highest BCUT2D eigenvalue weighted by atomic mass is 35.5. The molecule has 0 aromatic heterocycles. The summed E-state index contributed by atoms with van der Waals surface area (Å²) in [5.41, 5.74) is 0.985. The summed E-state index contributed by atoms with van der Waals surface area (Å²) >= 11 is 6.50. The van der Waals surface area contributed by atoms with Gasteiger partial charge in [0.25, 0.3) is 0 Å². The van der Waals surface area contributed by atoms with Gasteiger partial charge in [0.2, 0.25) is 0 Å². The molecule has 0 aromatic carbocycles. The smallest absolute Gasteiger partial charge is 0.395 e. The molecule has 2 nitrogen and oxygen atoms in total. The van der Waals surface area contributed by atoms with Gasteiger partial charge in [0, 0.05) is 12.2 Å². The topological polar surface area (TPSA) is 18.5 Å². The van der Waals surface area contributed by atoms with Crippen molar-refractivity contribution in [2.75, 3.05) is 0 Å². The van der Waals surface area contributed by atoms with Crippen molar-refractivity contribution in [1.82, 2.24) is 0 Å². The molecule has 6 rings (SSSR count). The van der Waals surface area contributed by atoms with Gasteiger partial charge < -0.3 is 9.31 Å². The summed E-state index contributed by atoms with van der Waals surface area (Å²) < 4.78 is 12.4. The van der Waals surface area contributed by atoms with E-state index >= 15 is 0 Å². The average Bonchev–Trinajstić information content (AvgIpc) is 2.50. The normalized spacial score (nSPS) is 50.6. The SMILES string of the molecule is C[C@H]1[C@H](OB(Cl)O[C@@H]2C[C@H]3C[C@@H]([C@H]2C)C3(C)C)C[C@H]2C[C@@H]1C2(C)C. The van der Waals surface area contributed by atoms with Crippen LogP contribution in [-0.4, -0.2) is 18.7 Å². The molecule has 0 unspecified atom stereocenters. The van der Waals surface area contributed by atoms with Crippen molar-refractivity contribution in [3.63, 3.8) is 0 Å². The first kappa shape index (κ1) is 17.7. The molecule has 0 amide bonds. The van der Waals surface area contributed by atoms with Gasteiger partial charge in [-0.2, -0.15) is 0 Å². The van der Waals surface area contributed by atoms with Gasteiger partial charge in [-0.1, -0.05) is 41.5 Å². The third-order valence-corrected chi connectivity index (χ3v) is 9.34. The molecule has 8 atom stereocenters. The molecular formula is C20H34BClO2. The van der Waals surface area contributed by atoms with Gasteiger partial charge in [0.15, 0.2) is 0 Å². The Morgan fingerprint density at radius 3 is 1.42 bits per heavy atom. The molecule has 0 spiro atoms. The zero-order chi connectivity index (χ0) is 17.4. The zero-order valence-electron chi connectivity index (χ0n) is 16.2. The lowest BCUT2D eigenvalue weighted by Gasteiger charge is -2.62. The Labute approximate surface area is 153 Å². The number of halogens is 1. The maximum Gasteiger partial charge on any atom is 0.571 e. The fraction of sp³-hybridized carbons (Fsp3) is 1.00. The highest BCUT2D eigenvalue weighted by Crippen LogP contribution is 2.63. The predicted octanol–water partition coefficient (Wildman–Crippen LogP) is 5.38. The molecule has 6 aliphatic rings. The Kier molecular flexibility index (Phi) is 4.15. The van der Waals surface area contributed by atoms with Gasteiger partial charge in [-0.15, -0.1) is 11.5 Å². The minimum absolute atomic E-state index is 0.272. The zero-order valence-corrected chi connectivity index (χ0v) is 17.0. The van der Waals surface area contributed by atoms with E-state index in [2.05, 4.69) is 41.5 Å². The fourth-order valence-corrected chi connectivity index (χ4v) is 7.14. The first-order valence-electron chi connectivity index (χ1n) is 10.1. The highest BCUT2D eigenvalue weighted by molar-refractivity contribution is 6.99. The second kappa shape index (κ2) is 5.63.